The van der Waals surface area contributed by atoms with Gasteiger partial charge in [-0.3, -0.25) is 25.8 Å². The molecule has 0 saturated heterocycles. The van der Waals surface area contributed by atoms with Crippen molar-refractivity contribution in [2.45, 2.75) is 13.8 Å². The molecule has 1 aromatic carbocycles. The number of hydrogen-bond acceptors (Lipinski definition) is 4. The van der Waals surface area contributed by atoms with Crippen LogP contribution in [0.25, 0.3) is 6.08 Å². The van der Waals surface area contributed by atoms with Crippen LogP contribution in [0, 0.1) is 13.8 Å². The molecule has 0 fully saturated rings. The molecule has 1 aromatic heterocycles. The van der Waals surface area contributed by atoms with Crippen LogP contribution in [-0.4, -0.2) is 16.9 Å². The molecule has 0 saturated carbocycles. The van der Waals surface area contributed by atoms with Crippen molar-refractivity contribution in [1.29, 1.82) is 0 Å². The third-order valence-electron chi connectivity index (χ3n) is 3.13. The van der Waals surface area contributed by atoms with E-state index in [1.54, 1.807) is 13.0 Å². The maximum atomic E-state index is 11.8. The number of rotatable bonds is 3. The van der Waals surface area contributed by atoms with Gasteiger partial charge in [-0.1, -0.05) is 29.8 Å². The molecule has 0 bridgehead atoms. The number of carbonyl (C=O) groups is 2. The van der Waals surface area contributed by atoms with E-state index in [1.165, 1.54) is 18.4 Å². The van der Waals surface area contributed by atoms with Crippen molar-refractivity contribution in [2.24, 2.45) is 0 Å². The summed E-state index contributed by atoms with van der Waals surface area (Å²) in [6, 6.07) is 9.26. The van der Waals surface area contributed by atoms with E-state index >= 15 is 0 Å². The summed E-state index contributed by atoms with van der Waals surface area (Å²) in [5.74, 6) is -0.319. The van der Waals surface area contributed by atoms with E-state index in [0.717, 1.165) is 11.1 Å². The van der Waals surface area contributed by atoms with Gasteiger partial charge in [0.15, 0.2) is 5.11 Å². The van der Waals surface area contributed by atoms with Crippen LogP contribution < -0.4 is 16.2 Å². The van der Waals surface area contributed by atoms with E-state index in [9.17, 15) is 9.59 Å². The average Bonchev–Trinajstić information content (AvgIpc) is 2.98. The highest BCUT2D eigenvalue weighted by atomic mass is 32.1. The molecule has 0 atom stereocenters. The summed E-state index contributed by atoms with van der Waals surface area (Å²) < 4.78 is 5.04. The van der Waals surface area contributed by atoms with E-state index in [4.69, 9.17) is 16.6 Å². The van der Waals surface area contributed by atoms with Crippen molar-refractivity contribution in [3.63, 3.8) is 0 Å². The Morgan fingerprint density at radius 1 is 1.08 bits per heavy atom. The van der Waals surface area contributed by atoms with Crippen LogP contribution in [0.4, 0.5) is 0 Å². The number of nitrogens with one attached hydrogen (secondary N) is 3. The zero-order valence-corrected chi connectivity index (χ0v) is 14.1. The lowest BCUT2D eigenvalue weighted by molar-refractivity contribution is -0.115. The van der Waals surface area contributed by atoms with Gasteiger partial charge >= 0.3 is 0 Å². The van der Waals surface area contributed by atoms with E-state index in [-0.39, 0.29) is 5.11 Å². The van der Waals surface area contributed by atoms with Gasteiger partial charge < -0.3 is 4.42 Å². The van der Waals surface area contributed by atoms with Gasteiger partial charge in [0.25, 0.3) is 5.91 Å². The predicted octanol–water partition coefficient (Wildman–Crippen LogP) is 2.25. The van der Waals surface area contributed by atoms with Gasteiger partial charge in [-0.25, -0.2) is 0 Å². The van der Waals surface area contributed by atoms with Crippen LogP contribution in [0.1, 0.15) is 27.2 Å². The molecule has 0 radical (unpaired) electrons. The van der Waals surface area contributed by atoms with Crippen LogP contribution in [0.15, 0.2) is 47.1 Å². The Bertz CT molecular complexity index is 779. The minimum Gasteiger partial charge on any atom is -0.469 e. The summed E-state index contributed by atoms with van der Waals surface area (Å²) in [4.78, 5) is 23.6. The number of hydrogen-bond donors (Lipinski definition) is 3. The zero-order chi connectivity index (χ0) is 17.5. The van der Waals surface area contributed by atoms with Crippen molar-refractivity contribution in [3.8, 4) is 0 Å². The molecule has 7 heteroatoms. The summed E-state index contributed by atoms with van der Waals surface area (Å²) in [5, 5.41) is 2.42. The van der Waals surface area contributed by atoms with Crippen LogP contribution in [0.5, 0.6) is 0 Å². The Morgan fingerprint density at radius 2 is 1.79 bits per heavy atom. The number of carbonyl (C=O) groups excluding carboxylic acids is 2. The van der Waals surface area contributed by atoms with E-state index in [2.05, 4.69) is 16.2 Å². The van der Waals surface area contributed by atoms with E-state index < -0.39 is 11.8 Å². The van der Waals surface area contributed by atoms with E-state index in [0.29, 0.717) is 11.3 Å². The fraction of sp³-hybridized carbons (Fsp3) is 0.118. The fourth-order valence-electron chi connectivity index (χ4n) is 1.84. The lowest BCUT2D eigenvalue weighted by atomic mass is 10.1. The molecule has 24 heavy (non-hydrogen) atoms. The summed E-state index contributed by atoms with van der Waals surface area (Å²) in [6.07, 6.45) is 4.45. The first-order chi connectivity index (χ1) is 11.5. The first-order valence-corrected chi connectivity index (χ1v) is 7.56. The number of aryl methyl sites for hydroxylation is 2. The smallest absolute Gasteiger partial charge is 0.273 e. The molecule has 3 N–H and O–H groups in total. The molecule has 2 aromatic rings. The molecule has 0 unspecified atom stereocenters. The highest BCUT2D eigenvalue weighted by Gasteiger charge is 2.11. The largest absolute Gasteiger partial charge is 0.469 e. The van der Waals surface area contributed by atoms with Crippen molar-refractivity contribution in [2.75, 3.05) is 0 Å². The summed E-state index contributed by atoms with van der Waals surface area (Å²) in [6.45, 7) is 3.66. The van der Waals surface area contributed by atoms with Crippen molar-refractivity contribution < 1.29 is 14.0 Å². The topological polar surface area (TPSA) is 83.4 Å². The maximum Gasteiger partial charge on any atom is 0.273 e. The first kappa shape index (κ1) is 17.4. The molecule has 6 nitrogen and oxygen atoms in total. The minimum absolute atomic E-state index is 0.0111. The van der Waals surface area contributed by atoms with Crippen molar-refractivity contribution >= 4 is 35.2 Å². The van der Waals surface area contributed by atoms with Gasteiger partial charge in [0, 0.05) is 6.08 Å². The molecule has 0 aliphatic heterocycles. The normalized spacial score (nSPS) is 10.4. The van der Waals surface area contributed by atoms with E-state index in [1.807, 2.05) is 31.2 Å². The Kier molecular flexibility index (Phi) is 5.86. The van der Waals surface area contributed by atoms with Crippen LogP contribution in [-0.2, 0) is 4.79 Å². The monoisotopic (exact) mass is 343 g/mol. The molecule has 0 spiro atoms. The van der Waals surface area contributed by atoms with Crippen LogP contribution in [0.3, 0.4) is 0 Å². The predicted molar refractivity (Wildman–Crippen MR) is 95.0 cm³/mol. The average molecular weight is 343 g/mol. The summed E-state index contributed by atoms with van der Waals surface area (Å²) in [5.41, 5.74) is 7.27. The molecule has 2 rings (SSSR count). The minimum atomic E-state index is -0.409. The van der Waals surface area contributed by atoms with Gasteiger partial charge in [0.1, 0.15) is 5.76 Å². The highest BCUT2D eigenvalue weighted by molar-refractivity contribution is 7.80. The zero-order valence-electron chi connectivity index (χ0n) is 13.3. The van der Waals surface area contributed by atoms with Crippen molar-refractivity contribution in [1.82, 2.24) is 16.2 Å². The summed E-state index contributed by atoms with van der Waals surface area (Å²) in [7, 11) is 0. The van der Waals surface area contributed by atoms with Crippen molar-refractivity contribution in [3.05, 3.63) is 65.1 Å². The Labute approximate surface area is 144 Å². The molecular weight excluding hydrogens is 326 g/mol. The molecule has 0 aliphatic carbocycles. The second kappa shape index (κ2) is 8.07. The third kappa shape index (κ3) is 5.06. The van der Waals surface area contributed by atoms with Gasteiger partial charge in [-0.15, -0.1) is 0 Å². The maximum absolute atomic E-state index is 11.8. The number of benzene rings is 1. The second-order valence-electron chi connectivity index (χ2n) is 5.03. The lowest BCUT2D eigenvalue weighted by Gasteiger charge is -2.09. The number of thiocarbonyl (C=S) groups is 1. The Balaban J connectivity index is 1.79. The van der Waals surface area contributed by atoms with Gasteiger partial charge in [0.2, 0.25) is 5.91 Å². The fourth-order valence-corrected chi connectivity index (χ4v) is 1.99. The molecule has 0 aliphatic rings. The number of hydrazine groups is 1. The Hall–Kier alpha value is -2.93. The molecule has 2 amide bonds. The number of furan rings is 1. The first-order valence-electron chi connectivity index (χ1n) is 7.16. The van der Waals surface area contributed by atoms with Gasteiger partial charge in [-0.2, -0.15) is 0 Å². The highest BCUT2D eigenvalue weighted by Crippen LogP contribution is 2.07. The number of amides is 2. The van der Waals surface area contributed by atoms with Crippen LogP contribution >= 0.6 is 12.2 Å². The van der Waals surface area contributed by atoms with Crippen LogP contribution in [0.2, 0.25) is 0 Å². The summed E-state index contributed by atoms with van der Waals surface area (Å²) >= 11 is 4.94. The van der Waals surface area contributed by atoms with Gasteiger partial charge in [0.05, 0.1) is 11.8 Å². The third-order valence-corrected chi connectivity index (χ3v) is 3.34. The second-order valence-corrected chi connectivity index (χ2v) is 5.44. The SMILES string of the molecule is Cc1ccc(/C=C/C(=O)NC(=S)NNC(=O)c2ccoc2C)cc1. The molecular formula is C17H17N3O3S. The lowest BCUT2D eigenvalue weighted by Crippen LogP contribution is -2.48. The quantitative estimate of drug-likeness (QED) is 0.452. The Morgan fingerprint density at radius 3 is 2.42 bits per heavy atom. The molecule has 124 valence electrons. The standard InChI is InChI=1S/C17H17N3O3S/c1-11-3-5-13(6-4-11)7-8-15(21)18-17(24)20-19-16(22)14-9-10-23-12(14)2/h3-10H,1-2H3,(H,19,22)(H2,18,20,21,24)/b8-7+. The van der Waals surface area contributed by atoms with Gasteiger partial charge in [-0.05, 0) is 43.8 Å². The molecule has 1 heterocycles.